The first-order chi connectivity index (χ1) is 4.23. The summed E-state index contributed by atoms with van der Waals surface area (Å²) in [6.45, 7) is 0. The maximum atomic E-state index is 8.56. The molecule has 10 heavy (non-hydrogen) atoms. The molecule has 0 aliphatic rings. The smallest absolute Gasteiger partial charge is 0.0860 e. The molecule has 0 saturated heterocycles. The molecule has 0 aliphatic heterocycles. The van der Waals surface area contributed by atoms with Gasteiger partial charge in [0.15, 0.2) is 0 Å². The molecule has 50 valence electrons. The van der Waals surface area contributed by atoms with Gasteiger partial charge in [0.05, 0.1) is 0 Å². The normalized spacial score (nSPS) is 6.50. The summed E-state index contributed by atoms with van der Waals surface area (Å²) in [6, 6.07) is 3.78. The fourth-order valence-electron chi connectivity index (χ4n) is 0.248. The Labute approximate surface area is 75.2 Å². The Kier molecular flexibility index (Phi) is 11.4. The van der Waals surface area contributed by atoms with Crippen molar-refractivity contribution in [3.63, 3.8) is 0 Å². The second kappa shape index (κ2) is 9.02. The van der Waals surface area contributed by atoms with Crippen molar-refractivity contribution in [1.29, 1.82) is 0 Å². The molecular formula is C4H4LiNO3V-. The van der Waals surface area contributed by atoms with Crippen LogP contribution >= 0.6 is 0 Å². The van der Waals surface area contributed by atoms with Crippen LogP contribution in [0.15, 0.2) is 24.5 Å². The SMILES string of the molecule is [Li+].[O]=[V](=[O])[O-].c1cc[n-]c1. The third-order valence-electron chi connectivity index (χ3n) is 0.455. The van der Waals surface area contributed by atoms with Gasteiger partial charge in [-0.3, -0.25) is 0 Å². The van der Waals surface area contributed by atoms with Crippen LogP contribution in [0, 0.1) is 0 Å². The maximum Gasteiger partial charge on any atom is -0.0860 e. The van der Waals surface area contributed by atoms with E-state index in [9.17, 15) is 0 Å². The predicted molar refractivity (Wildman–Crippen MR) is 21.1 cm³/mol. The molecular weight excluding hydrogens is 168 g/mol. The van der Waals surface area contributed by atoms with Crippen LogP contribution in [0.25, 0.3) is 0 Å². The van der Waals surface area contributed by atoms with Crippen LogP contribution in [0.2, 0.25) is 0 Å². The molecule has 0 fully saturated rings. The third kappa shape index (κ3) is 15.7. The van der Waals surface area contributed by atoms with Gasteiger partial charge in [0.2, 0.25) is 0 Å². The average Bonchev–Trinajstić information content (AvgIpc) is 2.11. The van der Waals surface area contributed by atoms with E-state index in [4.69, 9.17) is 11.4 Å². The van der Waals surface area contributed by atoms with Crippen molar-refractivity contribution in [2.45, 2.75) is 0 Å². The van der Waals surface area contributed by atoms with Crippen LogP contribution in [0.3, 0.4) is 0 Å². The van der Waals surface area contributed by atoms with Crippen molar-refractivity contribution < 1.29 is 45.6 Å². The molecule has 0 aliphatic carbocycles. The summed E-state index contributed by atoms with van der Waals surface area (Å²) >= 11 is -3.94. The quantitative estimate of drug-likeness (QED) is 0.376. The molecule has 0 aromatic carbocycles. The van der Waals surface area contributed by atoms with Crippen LogP contribution in [0.4, 0.5) is 0 Å². The molecule has 0 unspecified atom stereocenters. The number of rotatable bonds is 0. The Hall–Kier alpha value is 0.0218. The van der Waals surface area contributed by atoms with E-state index in [1.807, 2.05) is 12.1 Å². The number of hydrogen-bond donors (Lipinski definition) is 0. The Balaban J connectivity index is 0. The van der Waals surface area contributed by atoms with Crippen molar-refractivity contribution in [3.05, 3.63) is 24.5 Å². The molecule has 0 amide bonds. The molecule has 0 saturated carbocycles. The fourth-order valence-corrected chi connectivity index (χ4v) is 0.248. The predicted octanol–water partition coefficient (Wildman–Crippen LogP) is -3.78. The largest absolute Gasteiger partial charge is 0.670 e. The zero-order valence-corrected chi connectivity index (χ0v) is 6.83. The van der Waals surface area contributed by atoms with Crippen molar-refractivity contribution >= 4 is 0 Å². The second-order valence-corrected chi connectivity index (χ2v) is 1.75. The van der Waals surface area contributed by atoms with Gasteiger partial charge >= 0.3 is 45.6 Å². The molecule has 0 atom stereocenters. The molecule has 0 spiro atoms. The van der Waals surface area contributed by atoms with Crippen LogP contribution in [0.1, 0.15) is 0 Å². The van der Waals surface area contributed by atoms with Gasteiger partial charge in [-0.15, -0.1) is 0 Å². The summed E-state index contributed by atoms with van der Waals surface area (Å²) in [7, 11) is 0. The van der Waals surface area contributed by atoms with Crippen molar-refractivity contribution in [3.8, 4) is 0 Å². The van der Waals surface area contributed by atoms with Crippen LogP contribution < -0.4 is 27.9 Å². The van der Waals surface area contributed by atoms with E-state index in [0.717, 1.165) is 0 Å². The summed E-state index contributed by atoms with van der Waals surface area (Å²) in [5.41, 5.74) is 0. The molecule has 1 heterocycles. The van der Waals surface area contributed by atoms with Crippen molar-refractivity contribution in [1.82, 2.24) is 4.98 Å². The summed E-state index contributed by atoms with van der Waals surface area (Å²) in [5, 5.41) is 0. The van der Waals surface area contributed by atoms with Crippen molar-refractivity contribution in [2.75, 3.05) is 0 Å². The van der Waals surface area contributed by atoms with Gasteiger partial charge < -0.3 is 4.98 Å². The summed E-state index contributed by atoms with van der Waals surface area (Å²) in [5.74, 6) is 0. The van der Waals surface area contributed by atoms with E-state index < -0.39 is 15.4 Å². The molecule has 0 radical (unpaired) electrons. The van der Waals surface area contributed by atoms with Crippen LogP contribution in [-0.2, 0) is 22.7 Å². The minimum absolute atomic E-state index is 0. The van der Waals surface area contributed by atoms with Crippen LogP contribution in [-0.4, -0.2) is 0 Å². The molecule has 6 heteroatoms. The Morgan fingerprint density at radius 3 is 1.60 bits per heavy atom. The molecule has 1 rings (SSSR count). The zero-order chi connectivity index (χ0) is 7.11. The first kappa shape index (κ1) is 12.7. The van der Waals surface area contributed by atoms with Gasteiger partial charge in [0.25, 0.3) is 0 Å². The topological polar surface area (TPSA) is 71.3 Å². The maximum absolute atomic E-state index is 8.56. The van der Waals surface area contributed by atoms with E-state index >= 15 is 0 Å². The van der Waals surface area contributed by atoms with Crippen molar-refractivity contribution in [2.24, 2.45) is 0 Å². The van der Waals surface area contributed by atoms with Crippen LogP contribution in [0.5, 0.6) is 0 Å². The van der Waals surface area contributed by atoms with E-state index in [1.165, 1.54) is 0 Å². The zero-order valence-electron chi connectivity index (χ0n) is 5.43. The first-order valence-corrected chi connectivity index (χ1v) is 3.77. The minimum atomic E-state index is -3.94. The van der Waals surface area contributed by atoms with E-state index in [-0.39, 0.29) is 18.9 Å². The second-order valence-electron chi connectivity index (χ2n) is 1.06. The molecule has 1 aromatic rings. The molecule has 0 bridgehead atoms. The Bertz CT molecular complexity index is 171. The first-order valence-electron chi connectivity index (χ1n) is 2.06. The minimum Gasteiger partial charge on any atom is -0.670 e. The van der Waals surface area contributed by atoms with Gasteiger partial charge in [0, 0.05) is 0 Å². The van der Waals surface area contributed by atoms with E-state index in [0.29, 0.717) is 0 Å². The Morgan fingerprint density at radius 2 is 1.50 bits per heavy atom. The summed E-state index contributed by atoms with van der Waals surface area (Å²) in [4.78, 5) is 3.72. The monoisotopic (exact) mass is 172 g/mol. The Morgan fingerprint density at radius 1 is 1.20 bits per heavy atom. The van der Waals surface area contributed by atoms with Gasteiger partial charge in [0.1, 0.15) is 0 Å². The number of aromatic nitrogens is 1. The molecule has 4 nitrogen and oxygen atoms in total. The van der Waals surface area contributed by atoms with Gasteiger partial charge in [-0.25, -0.2) is 0 Å². The average molecular weight is 172 g/mol. The summed E-state index contributed by atoms with van der Waals surface area (Å²) < 4.78 is 25.7. The fraction of sp³-hybridized carbons (Fsp3) is 0. The van der Waals surface area contributed by atoms with Gasteiger partial charge in [-0.1, -0.05) is 12.1 Å². The molecule has 0 N–H and O–H groups in total. The third-order valence-corrected chi connectivity index (χ3v) is 0.455. The van der Waals surface area contributed by atoms with Gasteiger partial charge in [-0.2, -0.15) is 12.4 Å². The number of nitrogens with zero attached hydrogens (tertiary/aromatic N) is 1. The van der Waals surface area contributed by atoms with Gasteiger partial charge in [-0.05, 0) is 0 Å². The summed E-state index contributed by atoms with van der Waals surface area (Å²) in [6.07, 6.45) is 3.50. The van der Waals surface area contributed by atoms with E-state index in [2.05, 4.69) is 4.98 Å². The molecule has 1 aromatic heterocycles. The van der Waals surface area contributed by atoms with E-state index in [1.54, 1.807) is 12.4 Å². The number of hydrogen-bond acceptors (Lipinski definition) is 3. The standard InChI is InChI=1S/C4H4N.Li.3O.V/c1-2-4-5-3-1;;;;;/h1-4H;;;;;/q-1;+1;;;-1;.